The number of carbonyl (C=O) groups excluding carboxylic acids is 3. The van der Waals surface area contributed by atoms with Crippen LogP contribution >= 0.6 is 11.8 Å². The maximum atomic E-state index is 13.9. The van der Waals surface area contributed by atoms with E-state index in [0.717, 1.165) is 17.3 Å². The van der Waals surface area contributed by atoms with Crippen molar-refractivity contribution in [1.29, 1.82) is 0 Å². The molecule has 0 radical (unpaired) electrons. The molecule has 0 bridgehead atoms. The van der Waals surface area contributed by atoms with Gasteiger partial charge in [0, 0.05) is 5.22 Å². The summed E-state index contributed by atoms with van der Waals surface area (Å²) in [6.45, 7) is 1.73. The smallest absolute Gasteiger partial charge is 0.357 e. The molecule has 0 fully saturated rings. The Balaban J connectivity index is 2.04. The third-order valence-corrected chi connectivity index (χ3v) is 7.13. The number of hydrogen-bond donors (Lipinski definition) is 1. The highest BCUT2D eigenvalue weighted by molar-refractivity contribution is 8.10. The number of nitrogens with two attached hydrogens (primary N) is 1. The Morgan fingerprint density at radius 3 is 2.11 bits per heavy atom. The average molecular weight is 523 g/mol. The summed E-state index contributed by atoms with van der Waals surface area (Å²) in [5, 5.41) is -0.327. The number of hydrogen-bond acceptors (Lipinski definition) is 9. The van der Waals surface area contributed by atoms with Crippen molar-refractivity contribution < 1.29 is 33.3 Å². The van der Waals surface area contributed by atoms with Crippen LogP contribution in [0.25, 0.3) is 11.0 Å². The molecule has 2 heterocycles. The Morgan fingerprint density at radius 1 is 0.973 bits per heavy atom. The number of carbonyl (C=O) groups is 3. The van der Waals surface area contributed by atoms with Crippen LogP contribution in [0.5, 0.6) is 11.5 Å². The van der Waals surface area contributed by atoms with Gasteiger partial charge in [0.2, 0.25) is 5.91 Å². The monoisotopic (exact) mass is 522 g/mol. The molecule has 2 N–H and O–H groups in total. The van der Waals surface area contributed by atoms with Gasteiger partial charge in [-0.05, 0) is 48.4 Å². The Morgan fingerprint density at radius 2 is 1.57 bits per heavy atom. The van der Waals surface area contributed by atoms with Gasteiger partial charge in [0.25, 0.3) is 0 Å². The molecule has 0 saturated heterocycles. The van der Waals surface area contributed by atoms with Crippen LogP contribution < -0.4 is 25.8 Å². The second-order valence-corrected chi connectivity index (χ2v) is 9.04. The van der Waals surface area contributed by atoms with E-state index in [9.17, 15) is 14.4 Å². The number of nitrogen functional groups attached to an aromatic ring is 1. The van der Waals surface area contributed by atoms with Crippen molar-refractivity contribution in [1.82, 2.24) is 4.57 Å². The van der Waals surface area contributed by atoms with Crippen molar-refractivity contribution >= 4 is 46.3 Å². The fourth-order valence-electron chi connectivity index (χ4n) is 4.03. The molecule has 10 heteroatoms. The molecule has 0 amide bonds. The fraction of sp³-hybridized carbons (Fsp3) is 0.222. The minimum absolute atomic E-state index is 0.0232. The van der Waals surface area contributed by atoms with E-state index in [1.54, 1.807) is 75.8 Å². The molecule has 1 aliphatic rings. The summed E-state index contributed by atoms with van der Waals surface area (Å²) in [7, 11) is 4.36. The summed E-state index contributed by atoms with van der Waals surface area (Å²) in [6.07, 6.45) is 1.70. The van der Waals surface area contributed by atoms with E-state index in [-0.39, 0.29) is 28.2 Å². The maximum Gasteiger partial charge on any atom is 0.357 e. The zero-order valence-electron chi connectivity index (χ0n) is 20.8. The van der Waals surface area contributed by atoms with Gasteiger partial charge in [-0.1, -0.05) is 36.0 Å². The molecule has 192 valence electrons. The van der Waals surface area contributed by atoms with E-state index in [1.165, 1.54) is 11.7 Å². The fourth-order valence-corrected chi connectivity index (χ4v) is 5.26. The highest BCUT2D eigenvalue weighted by Gasteiger charge is 2.38. The van der Waals surface area contributed by atoms with Gasteiger partial charge in [0.05, 0.1) is 39.0 Å². The van der Waals surface area contributed by atoms with Crippen molar-refractivity contribution in [3.63, 3.8) is 0 Å². The number of esters is 2. The summed E-state index contributed by atoms with van der Waals surface area (Å²) >= 11 is 1.04. The van der Waals surface area contributed by atoms with Gasteiger partial charge in [-0.3, -0.25) is 9.36 Å². The molecule has 0 unspecified atom stereocenters. The molecule has 9 nitrogen and oxygen atoms in total. The van der Waals surface area contributed by atoms with Gasteiger partial charge in [0.15, 0.2) is 5.69 Å². The zero-order valence-corrected chi connectivity index (χ0v) is 21.6. The standard InChI is InChI=1S/C27H26N2O7S/c1-5-36-26(31)22-20(28)19(14-15-6-10-17(33-2)11-7-15)21-24(27(32)35-4)37-23(25(30)29(21)22)16-8-12-18(34-3)13-9-16/h6-14,23H,5,28H2,1-4H3/b19-14+/t23-/m1/s1. The third kappa shape index (κ3) is 4.79. The molecule has 37 heavy (non-hydrogen) atoms. The Bertz CT molecular complexity index is 1470. The number of aromatic nitrogens is 1. The van der Waals surface area contributed by atoms with Crippen LogP contribution in [0.2, 0.25) is 0 Å². The Labute approximate surface area is 217 Å². The Kier molecular flexibility index (Phi) is 7.58. The number of methoxy groups -OCH3 is 3. The van der Waals surface area contributed by atoms with Crippen LogP contribution in [0.15, 0.2) is 48.5 Å². The van der Waals surface area contributed by atoms with E-state index >= 15 is 0 Å². The van der Waals surface area contributed by atoms with Gasteiger partial charge in [0.1, 0.15) is 21.7 Å². The first-order chi connectivity index (χ1) is 17.8. The normalized spacial score (nSPS) is 15.2. The summed E-state index contributed by atoms with van der Waals surface area (Å²) in [5.41, 5.74) is 7.71. The highest BCUT2D eigenvalue weighted by Crippen LogP contribution is 2.40. The first-order valence-corrected chi connectivity index (χ1v) is 12.2. The SMILES string of the molecule is CCOC(=O)c1c(N)/c(=C\c2ccc(OC)cc2)c2n1C(=O)[C@@H](c1ccc(OC)cc1)SC=2C(=O)OC. The molecule has 0 spiro atoms. The molecule has 4 rings (SSSR count). The predicted octanol–water partition coefficient (Wildman–Crippen LogP) is 2.50. The summed E-state index contributed by atoms with van der Waals surface area (Å²) in [6, 6.07) is 14.0. The first kappa shape index (κ1) is 25.9. The number of anilines is 1. The molecule has 1 aromatic heterocycles. The lowest BCUT2D eigenvalue weighted by Crippen LogP contribution is -2.42. The van der Waals surface area contributed by atoms with Crippen molar-refractivity contribution in [2.45, 2.75) is 12.2 Å². The quantitative estimate of drug-likeness (QED) is 0.467. The lowest BCUT2D eigenvalue weighted by Gasteiger charge is -2.23. The lowest BCUT2D eigenvalue weighted by atomic mass is 10.1. The minimum Gasteiger partial charge on any atom is -0.497 e. The first-order valence-electron chi connectivity index (χ1n) is 11.3. The topological polar surface area (TPSA) is 119 Å². The molecule has 0 aliphatic carbocycles. The highest BCUT2D eigenvalue weighted by atomic mass is 32.2. The minimum atomic E-state index is -0.846. The molecule has 1 aliphatic heterocycles. The van der Waals surface area contributed by atoms with Crippen LogP contribution in [-0.2, 0) is 14.3 Å². The van der Waals surface area contributed by atoms with Gasteiger partial charge in [-0.2, -0.15) is 0 Å². The van der Waals surface area contributed by atoms with E-state index in [4.69, 9.17) is 24.7 Å². The van der Waals surface area contributed by atoms with Gasteiger partial charge in [-0.25, -0.2) is 9.59 Å². The van der Waals surface area contributed by atoms with Crippen LogP contribution in [0.4, 0.5) is 5.69 Å². The number of rotatable bonds is 7. The molecular weight excluding hydrogens is 496 g/mol. The van der Waals surface area contributed by atoms with Crippen LogP contribution in [0.1, 0.15) is 38.6 Å². The van der Waals surface area contributed by atoms with E-state index in [1.807, 2.05) is 0 Å². The van der Waals surface area contributed by atoms with E-state index in [0.29, 0.717) is 22.3 Å². The van der Waals surface area contributed by atoms with Crippen molar-refractivity contribution in [3.05, 3.63) is 75.9 Å². The molecular formula is C27H26N2O7S. The van der Waals surface area contributed by atoms with Gasteiger partial charge < -0.3 is 24.7 Å². The van der Waals surface area contributed by atoms with Crippen molar-refractivity contribution in [3.8, 4) is 11.5 Å². The molecule has 0 saturated carbocycles. The number of benzene rings is 2. The number of thioether (sulfide) groups is 1. The zero-order chi connectivity index (χ0) is 26.7. The largest absolute Gasteiger partial charge is 0.497 e. The predicted molar refractivity (Wildman–Crippen MR) is 140 cm³/mol. The van der Waals surface area contributed by atoms with Crippen molar-refractivity contribution in [2.75, 3.05) is 33.7 Å². The molecule has 1 atom stereocenters. The molecule has 2 aromatic carbocycles. The lowest BCUT2D eigenvalue weighted by molar-refractivity contribution is -0.133. The third-order valence-electron chi connectivity index (χ3n) is 5.83. The number of ether oxygens (including phenoxy) is 4. The van der Waals surface area contributed by atoms with Crippen LogP contribution in [0, 0.1) is 0 Å². The second-order valence-electron chi connectivity index (χ2n) is 7.93. The summed E-state index contributed by atoms with van der Waals surface area (Å²) in [4.78, 5) is 40.1. The summed E-state index contributed by atoms with van der Waals surface area (Å²) in [5.74, 6) is -0.597. The Hall–Kier alpha value is -4.18. The average Bonchev–Trinajstić information content (AvgIpc) is 3.21. The number of fused-ring (bicyclic) bond motifs is 1. The summed E-state index contributed by atoms with van der Waals surface area (Å²) < 4.78 is 21.9. The molecule has 3 aromatic rings. The van der Waals surface area contributed by atoms with Crippen LogP contribution in [-0.4, -0.2) is 50.3 Å². The van der Waals surface area contributed by atoms with E-state index in [2.05, 4.69) is 0 Å². The van der Waals surface area contributed by atoms with Gasteiger partial charge >= 0.3 is 11.9 Å². The van der Waals surface area contributed by atoms with Crippen LogP contribution in [0.3, 0.4) is 0 Å². The number of nitrogens with zero attached hydrogens (tertiary/aromatic N) is 1. The second kappa shape index (κ2) is 10.8. The van der Waals surface area contributed by atoms with E-state index < -0.39 is 23.1 Å². The van der Waals surface area contributed by atoms with Gasteiger partial charge in [-0.15, -0.1) is 0 Å². The van der Waals surface area contributed by atoms with Crippen molar-refractivity contribution in [2.24, 2.45) is 0 Å². The maximum absolute atomic E-state index is 13.9.